The zero-order valence-corrected chi connectivity index (χ0v) is 18.5. The van der Waals surface area contributed by atoms with Crippen LogP contribution in [0.25, 0.3) is 55.8 Å². The second-order valence-corrected chi connectivity index (χ2v) is 8.18. The third-order valence-corrected chi connectivity index (χ3v) is 5.86. The van der Waals surface area contributed by atoms with Gasteiger partial charge in [-0.05, 0) is 39.2 Å². The minimum absolute atomic E-state index is 0.495. The number of rotatable bonds is 3. The summed E-state index contributed by atoms with van der Waals surface area (Å²) in [5.41, 5.74) is 5.83. The van der Waals surface area contributed by atoms with Gasteiger partial charge in [-0.15, -0.1) is 0 Å². The number of hydrogen-bond donors (Lipinski definition) is 0. The molecular weight excluding hydrogens is 462 g/mol. The third kappa shape index (κ3) is 3.27. The van der Waals surface area contributed by atoms with Gasteiger partial charge in [-0.25, -0.2) is 15.0 Å². The van der Waals surface area contributed by atoms with Crippen LogP contribution >= 0.6 is 15.9 Å². The maximum absolute atomic E-state index is 6.03. The average molecular weight is 478 g/mol. The van der Waals surface area contributed by atoms with Gasteiger partial charge in [0.05, 0.1) is 0 Å². The Morgan fingerprint density at radius 1 is 0.531 bits per heavy atom. The smallest absolute Gasteiger partial charge is 0.200 e. The minimum Gasteiger partial charge on any atom is -0.456 e. The number of hydrogen-bond acceptors (Lipinski definition) is 4. The Hall–Kier alpha value is -3.83. The summed E-state index contributed by atoms with van der Waals surface area (Å²) >= 11 is 3.48. The molecule has 4 nitrogen and oxygen atoms in total. The highest BCUT2D eigenvalue weighted by Crippen LogP contribution is 2.36. The van der Waals surface area contributed by atoms with Crippen molar-refractivity contribution in [1.82, 2.24) is 15.0 Å². The highest BCUT2D eigenvalue weighted by Gasteiger charge is 2.16. The number of furan rings is 1. The van der Waals surface area contributed by atoms with Crippen molar-refractivity contribution in [3.63, 3.8) is 0 Å². The van der Waals surface area contributed by atoms with Gasteiger partial charge in [-0.3, -0.25) is 0 Å². The van der Waals surface area contributed by atoms with E-state index < -0.39 is 0 Å². The van der Waals surface area contributed by atoms with Gasteiger partial charge < -0.3 is 4.42 Å². The molecule has 0 aliphatic rings. The first-order valence-electron chi connectivity index (χ1n) is 10.2. The Kier molecular flexibility index (Phi) is 4.55. The molecule has 5 heteroatoms. The van der Waals surface area contributed by atoms with E-state index in [4.69, 9.17) is 9.40 Å². The quantitative estimate of drug-likeness (QED) is 0.264. The molecule has 2 aromatic heterocycles. The van der Waals surface area contributed by atoms with Crippen molar-refractivity contribution in [3.8, 4) is 33.9 Å². The predicted molar refractivity (Wildman–Crippen MR) is 131 cm³/mol. The molecule has 4 aromatic carbocycles. The van der Waals surface area contributed by atoms with Gasteiger partial charge >= 0.3 is 0 Å². The van der Waals surface area contributed by atoms with Crippen molar-refractivity contribution >= 4 is 37.9 Å². The molecule has 0 bridgehead atoms. The van der Waals surface area contributed by atoms with Crippen molar-refractivity contribution in [1.29, 1.82) is 0 Å². The van der Waals surface area contributed by atoms with E-state index in [-0.39, 0.29) is 0 Å². The number of aromatic nitrogens is 3. The molecule has 0 amide bonds. The Balaban J connectivity index is 1.48. The van der Waals surface area contributed by atoms with Gasteiger partial charge in [0, 0.05) is 21.9 Å². The normalized spacial score (nSPS) is 11.3. The van der Waals surface area contributed by atoms with E-state index in [0.29, 0.717) is 16.4 Å². The predicted octanol–water partition coefficient (Wildman–Crippen LogP) is 7.53. The Bertz CT molecular complexity index is 1570. The largest absolute Gasteiger partial charge is 0.456 e. The zero-order valence-electron chi connectivity index (χ0n) is 16.9. The van der Waals surface area contributed by atoms with Crippen molar-refractivity contribution in [2.45, 2.75) is 0 Å². The lowest BCUT2D eigenvalue weighted by Gasteiger charge is -2.07. The van der Waals surface area contributed by atoms with Crippen molar-refractivity contribution in [3.05, 3.63) is 102 Å². The molecule has 0 saturated heterocycles. The van der Waals surface area contributed by atoms with Gasteiger partial charge in [-0.1, -0.05) is 84.9 Å². The van der Waals surface area contributed by atoms with Crippen molar-refractivity contribution in [2.24, 2.45) is 0 Å². The van der Waals surface area contributed by atoms with Gasteiger partial charge in [0.2, 0.25) is 4.73 Å². The molecule has 0 saturated carbocycles. The first-order valence-corrected chi connectivity index (χ1v) is 11.0. The molecule has 0 atom stereocenters. The Morgan fingerprint density at radius 2 is 1.19 bits per heavy atom. The lowest BCUT2D eigenvalue weighted by molar-refractivity contribution is 0.669. The molecule has 6 rings (SSSR count). The van der Waals surface area contributed by atoms with Crippen LogP contribution in [0.3, 0.4) is 0 Å². The second-order valence-electron chi connectivity index (χ2n) is 7.47. The molecule has 0 fully saturated rings. The Labute approximate surface area is 192 Å². The molecule has 0 aliphatic heterocycles. The molecular formula is C27H16BrN3O. The van der Waals surface area contributed by atoms with Crippen LogP contribution < -0.4 is 0 Å². The van der Waals surface area contributed by atoms with E-state index in [0.717, 1.165) is 38.6 Å². The molecule has 0 spiro atoms. The van der Waals surface area contributed by atoms with Gasteiger partial charge in [0.25, 0.3) is 0 Å². The van der Waals surface area contributed by atoms with Gasteiger partial charge in [-0.2, -0.15) is 0 Å². The fraction of sp³-hybridized carbons (Fsp3) is 0. The second kappa shape index (κ2) is 7.70. The molecule has 0 radical (unpaired) electrons. The number of benzene rings is 4. The fourth-order valence-corrected chi connectivity index (χ4v) is 4.34. The molecule has 0 aliphatic carbocycles. The van der Waals surface area contributed by atoms with Crippen molar-refractivity contribution < 1.29 is 4.42 Å². The van der Waals surface area contributed by atoms with Crippen LogP contribution in [0, 0.1) is 0 Å². The lowest BCUT2D eigenvalue weighted by atomic mass is 10.0. The fourth-order valence-electron chi connectivity index (χ4n) is 4.00. The number of para-hydroxylation sites is 1. The van der Waals surface area contributed by atoms with Crippen molar-refractivity contribution in [2.75, 3.05) is 0 Å². The van der Waals surface area contributed by atoms with E-state index >= 15 is 0 Å². The summed E-state index contributed by atoms with van der Waals surface area (Å²) in [5.74, 6) is 1.22. The number of nitrogens with zero attached hydrogens (tertiary/aromatic N) is 3. The van der Waals surface area contributed by atoms with E-state index in [1.165, 1.54) is 5.56 Å². The molecule has 152 valence electrons. The van der Waals surface area contributed by atoms with Gasteiger partial charge in [0.1, 0.15) is 11.2 Å². The standard InChI is InChI=1S/C27H16BrN3O/c28-27-30-25(19-15-13-18(14-16-19)17-7-2-1-3-8-17)29-26(31-27)21-10-6-12-23-24(21)20-9-4-5-11-22(20)32-23/h1-16H. The summed E-state index contributed by atoms with van der Waals surface area (Å²) in [6.07, 6.45) is 0. The zero-order chi connectivity index (χ0) is 21.5. The summed E-state index contributed by atoms with van der Waals surface area (Å²) < 4.78 is 6.53. The monoisotopic (exact) mass is 477 g/mol. The van der Waals surface area contributed by atoms with Crippen LogP contribution in [0.4, 0.5) is 0 Å². The highest BCUT2D eigenvalue weighted by molar-refractivity contribution is 9.10. The van der Waals surface area contributed by atoms with E-state index in [1.807, 2.05) is 66.7 Å². The van der Waals surface area contributed by atoms with Crippen LogP contribution in [-0.4, -0.2) is 15.0 Å². The van der Waals surface area contributed by atoms with Gasteiger partial charge in [0.15, 0.2) is 11.6 Å². The first-order chi connectivity index (χ1) is 15.8. The highest BCUT2D eigenvalue weighted by atomic mass is 79.9. The van der Waals surface area contributed by atoms with Crippen LogP contribution in [0.15, 0.2) is 106 Å². The third-order valence-electron chi connectivity index (χ3n) is 5.50. The van der Waals surface area contributed by atoms with Crippen LogP contribution in [0.5, 0.6) is 0 Å². The maximum Gasteiger partial charge on any atom is 0.200 e. The van der Waals surface area contributed by atoms with E-state index in [9.17, 15) is 0 Å². The van der Waals surface area contributed by atoms with E-state index in [2.05, 4.69) is 56.2 Å². The van der Waals surface area contributed by atoms with Crippen LogP contribution in [0.1, 0.15) is 0 Å². The van der Waals surface area contributed by atoms with Crippen LogP contribution in [-0.2, 0) is 0 Å². The molecule has 0 unspecified atom stereocenters. The molecule has 32 heavy (non-hydrogen) atoms. The van der Waals surface area contributed by atoms with E-state index in [1.54, 1.807) is 0 Å². The summed E-state index contributed by atoms with van der Waals surface area (Å²) in [6, 6.07) is 32.5. The number of fused-ring (bicyclic) bond motifs is 3. The van der Waals surface area contributed by atoms with Crippen LogP contribution in [0.2, 0.25) is 0 Å². The molecule has 2 heterocycles. The molecule has 6 aromatic rings. The average Bonchev–Trinajstić information content (AvgIpc) is 3.23. The summed E-state index contributed by atoms with van der Waals surface area (Å²) in [6.45, 7) is 0. The summed E-state index contributed by atoms with van der Waals surface area (Å²) in [4.78, 5) is 13.9. The maximum atomic E-state index is 6.03. The topological polar surface area (TPSA) is 51.8 Å². The lowest BCUT2D eigenvalue weighted by Crippen LogP contribution is -1.97. The SMILES string of the molecule is Brc1nc(-c2ccc(-c3ccccc3)cc2)nc(-c2cccc3oc4ccccc4c23)n1. The summed E-state index contributed by atoms with van der Waals surface area (Å²) in [7, 11) is 0. The molecule has 0 N–H and O–H groups in total. The Morgan fingerprint density at radius 3 is 2.03 bits per heavy atom. The summed E-state index contributed by atoms with van der Waals surface area (Å²) in [5, 5.41) is 2.05. The minimum atomic E-state index is 0.495. The number of halogens is 1. The first kappa shape index (κ1) is 18.9.